The number of para-hydroxylation sites is 1. The summed E-state index contributed by atoms with van der Waals surface area (Å²) in [6.07, 6.45) is 0.173. The van der Waals surface area contributed by atoms with E-state index in [1.165, 1.54) is 5.69 Å². The Morgan fingerprint density at radius 1 is 0.966 bits per heavy atom. The minimum absolute atomic E-state index is 0.0198. The van der Waals surface area contributed by atoms with E-state index in [1.54, 1.807) is 0 Å². The number of benzene rings is 2. The quantitative estimate of drug-likeness (QED) is 0.781. The van der Waals surface area contributed by atoms with Crippen molar-refractivity contribution in [1.29, 1.82) is 0 Å². The molecule has 0 aliphatic carbocycles. The van der Waals surface area contributed by atoms with E-state index in [0.717, 1.165) is 30.1 Å². The van der Waals surface area contributed by atoms with Gasteiger partial charge in [-0.05, 0) is 55.2 Å². The van der Waals surface area contributed by atoms with Crippen molar-refractivity contribution in [3.05, 3.63) is 54.1 Å². The van der Waals surface area contributed by atoms with Gasteiger partial charge in [0.25, 0.3) is 0 Å². The molecule has 0 aromatic heterocycles. The molecule has 1 fully saturated rings. The highest BCUT2D eigenvalue weighted by Gasteiger charge is 2.24. The van der Waals surface area contributed by atoms with Crippen LogP contribution in [-0.2, 0) is 5.41 Å². The molecule has 0 atom stereocenters. The zero-order chi connectivity index (χ0) is 21.0. The Morgan fingerprint density at radius 3 is 2.17 bits per heavy atom. The van der Waals surface area contributed by atoms with Gasteiger partial charge < -0.3 is 19.9 Å². The van der Waals surface area contributed by atoms with Crippen LogP contribution in [-0.4, -0.2) is 43.2 Å². The second kappa shape index (κ2) is 8.76. The van der Waals surface area contributed by atoms with E-state index in [9.17, 15) is 4.79 Å². The topological polar surface area (TPSA) is 44.8 Å². The second-order valence-electron chi connectivity index (χ2n) is 8.86. The summed E-state index contributed by atoms with van der Waals surface area (Å²) in [6, 6.07) is 16.2. The normalized spacial score (nSPS) is 14.8. The smallest absolute Gasteiger partial charge is 0.321 e. The lowest BCUT2D eigenvalue weighted by molar-refractivity contribution is 0.208. The van der Waals surface area contributed by atoms with Gasteiger partial charge in [-0.15, -0.1) is 0 Å². The van der Waals surface area contributed by atoms with Crippen LogP contribution in [0.1, 0.15) is 40.2 Å². The molecule has 1 aliphatic heterocycles. The van der Waals surface area contributed by atoms with Crippen LogP contribution in [0, 0.1) is 0 Å². The maximum absolute atomic E-state index is 12.8. The Kier molecular flexibility index (Phi) is 6.36. The van der Waals surface area contributed by atoms with Gasteiger partial charge in [-0.25, -0.2) is 4.79 Å². The van der Waals surface area contributed by atoms with Gasteiger partial charge in [-0.1, -0.05) is 39.0 Å². The maximum Gasteiger partial charge on any atom is 0.321 e. The molecule has 29 heavy (non-hydrogen) atoms. The van der Waals surface area contributed by atoms with Crippen LogP contribution in [0.5, 0.6) is 5.75 Å². The fourth-order valence-corrected chi connectivity index (χ4v) is 3.62. The first-order chi connectivity index (χ1) is 13.7. The minimum atomic E-state index is -0.0259. The summed E-state index contributed by atoms with van der Waals surface area (Å²) in [7, 11) is 0. The van der Waals surface area contributed by atoms with Crippen LogP contribution in [0.2, 0.25) is 0 Å². The number of amides is 2. The molecule has 0 radical (unpaired) electrons. The number of anilines is 2. The number of nitrogens with zero attached hydrogens (tertiary/aromatic N) is 2. The third-order valence-electron chi connectivity index (χ3n) is 5.12. The summed E-state index contributed by atoms with van der Waals surface area (Å²) in [4.78, 5) is 17.0. The molecule has 1 N–H and O–H groups in total. The largest absolute Gasteiger partial charge is 0.491 e. The summed E-state index contributed by atoms with van der Waals surface area (Å²) in [5.74, 6) is 0.888. The second-order valence-corrected chi connectivity index (χ2v) is 8.86. The summed E-state index contributed by atoms with van der Waals surface area (Å²) >= 11 is 0. The molecule has 5 nitrogen and oxygen atoms in total. The van der Waals surface area contributed by atoms with Gasteiger partial charge in [-0.2, -0.15) is 0 Å². The van der Waals surface area contributed by atoms with Crippen LogP contribution >= 0.6 is 0 Å². The molecule has 0 spiro atoms. The summed E-state index contributed by atoms with van der Waals surface area (Å²) in [6.45, 7) is 13.6. The van der Waals surface area contributed by atoms with Crippen molar-refractivity contribution in [2.45, 2.75) is 46.1 Å². The van der Waals surface area contributed by atoms with E-state index in [4.69, 9.17) is 4.74 Å². The van der Waals surface area contributed by atoms with Gasteiger partial charge in [0.15, 0.2) is 0 Å². The number of hydrogen-bond acceptors (Lipinski definition) is 3. The van der Waals surface area contributed by atoms with E-state index in [1.807, 2.05) is 49.1 Å². The number of carbonyl (C=O) groups is 1. The molecule has 2 aromatic rings. The Bertz CT molecular complexity index is 817. The number of nitrogens with one attached hydrogen (secondary N) is 1. The summed E-state index contributed by atoms with van der Waals surface area (Å²) in [5.41, 5.74) is 3.19. The Labute approximate surface area is 174 Å². The molecule has 1 heterocycles. The van der Waals surface area contributed by atoms with Crippen LogP contribution in [0.4, 0.5) is 16.2 Å². The molecule has 1 aliphatic rings. The standard InChI is InChI=1S/C24H33N3O2/c1-18(2)29-20-12-10-19(11-13-20)26-14-16-27(17-15-26)23(28)25-22-9-7-6-8-21(22)24(3,4)5/h6-13,18H,14-17H2,1-5H3,(H,25,28). The van der Waals surface area contributed by atoms with Crippen molar-refractivity contribution in [3.63, 3.8) is 0 Å². The highest BCUT2D eigenvalue weighted by molar-refractivity contribution is 5.90. The van der Waals surface area contributed by atoms with Crippen LogP contribution in [0.15, 0.2) is 48.5 Å². The SMILES string of the molecule is CC(C)Oc1ccc(N2CCN(C(=O)Nc3ccccc3C(C)(C)C)CC2)cc1. The molecule has 5 heteroatoms. The number of rotatable bonds is 4. The molecular formula is C24H33N3O2. The van der Waals surface area contributed by atoms with Crippen molar-refractivity contribution in [2.75, 3.05) is 36.4 Å². The fourth-order valence-electron chi connectivity index (χ4n) is 3.62. The van der Waals surface area contributed by atoms with Crippen molar-refractivity contribution >= 4 is 17.4 Å². The van der Waals surface area contributed by atoms with Crippen molar-refractivity contribution in [2.24, 2.45) is 0 Å². The highest BCUT2D eigenvalue weighted by Crippen LogP contribution is 2.29. The average molecular weight is 396 g/mol. The zero-order valence-corrected chi connectivity index (χ0v) is 18.2. The summed E-state index contributed by atoms with van der Waals surface area (Å²) in [5, 5.41) is 3.12. The van der Waals surface area contributed by atoms with E-state index >= 15 is 0 Å². The first-order valence-electron chi connectivity index (χ1n) is 10.4. The minimum Gasteiger partial charge on any atom is -0.491 e. The van der Waals surface area contributed by atoms with Gasteiger partial charge in [-0.3, -0.25) is 0 Å². The predicted molar refractivity (Wildman–Crippen MR) is 120 cm³/mol. The molecular weight excluding hydrogens is 362 g/mol. The van der Waals surface area contributed by atoms with Crippen LogP contribution in [0.3, 0.4) is 0 Å². The monoisotopic (exact) mass is 395 g/mol. The molecule has 3 rings (SSSR count). The predicted octanol–water partition coefficient (Wildman–Crippen LogP) is 5.13. The molecule has 0 saturated carbocycles. The van der Waals surface area contributed by atoms with E-state index in [-0.39, 0.29) is 17.6 Å². The molecule has 0 bridgehead atoms. The van der Waals surface area contributed by atoms with Crippen molar-refractivity contribution in [1.82, 2.24) is 4.90 Å². The van der Waals surface area contributed by atoms with Gasteiger partial charge in [0.1, 0.15) is 5.75 Å². The fraction of sp³-hybridized carbons (Fsp3) is 0.458. The van der Waals surface area contributed by atoms with Crippen LogP contribution in [0.25, 0.3) is 0 Å². The molecule has 156 valence electrons. The highest BCUT2D eigenvalue weighted by atomic mass is 16.5. The van der Waals surface area contributed by atoms with E-state index < -0.39 is 0 Å². The Hall–Kier alpha value is -2.69. The number of carbonyl (C=O) groups excluding carboxylic acids is 1. The summed E-state index contributed by atoms with van der Waals surface area (Å²) < 4.78 is 5.72. The first-order valence-corrected chi connectivity index (χ1v) is 10.4. The van der Waals surface area contributed by atoms with Crippen molar-refractivity contribution in [3.8, 4) is 5.75 Å². The van der Waals surface area contributed by atoms with Crippen molar-refractivity contribution < 1.29 is 9.53 Å². The van der Waals surface area contributed by atoms with E-state index in [2.05, 4.69) is 49.2 Å². The Balaban J connectivity index is 1.58. The molecule has 1 saturated heterocycles. The lowest BCUT2D eigenvalue weighted by atomic mass is 9.86. The molecule has 2 aromatic carbocycles. The van der Waals surface area contributed by atoms with Gasteiger partial charge in [0, 0.05) is 37.6 Å². The third-order valence-corrected chi connectivity index (χ3v) is 5.12. The number of urea groups is 1. The van der Waals surface area contributed by atoms with Gasteiger partial charge in [0.05, 0.1) is 6.10 Å². The number of ether oxygens (including phenoxy) is 1. The molecule has 0 unspecified atom stereocenters. The molecule has 2 amide bonds. The zero-order valence-electron chi connectivity index (χ0n) is 18.2. The van der Waals surface area contributed by atoms with Gasteiger partial charge in [0.2, 0.25) is 0 Å². The third kappa shape index (κ3) is 5.43. The lowest BCUT2D eigenvalue weighted by Gasteiger charge is -2.36. The number of hydrogen-bond donors (Lipinski definition) is 1. The average Bonchev–Trinajstić information content (AvgIpc) is 2.68. The maximum atomic E-state index is 12.8. The Morgan fingerprint density at radius 2 is 1.59 bits per heavy atom. The number of piperazine rings is 1. The first kappa shape index (κ1) is 21.0. The lowest BCUT2D eigenvalue weighted by Crippen LogP contribution is -2.50. The van der Waals surface area contributed by atoms with Gasteiger partial charge >= 0.3 is 6.03 Å². The van der Waals surface area contributed by atoms with Crippen LogP contribution < -0.4 is 15.0 Å². The van der Waals surface area contributed by atoms with E-state index in [0.29, 0.717) is 13.1 Å².